The molecule has 0 bridgehead atoms. The van der Waals surface area contributed by atoms with Gasteiger partial charge in [-0.15, -0.1) is 0 Å². The van der Waals surface area contributed by atoms with E-state index in [1.54, 1.807) is 0 Å². The summed E-state index contributed by atoms with van der Waals surface area (Å²) in [5.41, 5.74) is 0.623. The van der Waals surface area contributed by atoms with Gasteiger partial charge in [0.1, 0.15) is 12.0 Å². The number of nitrogens with zero attached hydrogens (tertiary/aromatic N) is 2. The third kappa shape index (κ3) is 2.75. The van der Waals surface area contributed by atoms with Gasteiger partial charge in [0, 0.05) is 11.2 Å². The van der Waals surface area contributed by atoms with E-state index >= 15 is 0 Å². The third-order valence-electron chi connectivity index (χ3n) is 2.49. The Kier molecular flexibility index (Phi) is 3.69. The van der Waals surface area contributed by atoms with Crippen molar-refractivity contribution in [3.63, 3.8) is 0 Å². The molecule has 20 heavy (non-hydrogen) atoms. The number of nitrogens with one attached hydrogen (secondary N) is 1. The number of benzene rings is 1. The fourth-order valence-electron chi connectivity index (χ4n) is 1.61. The van der Waals surface area contributed by atoms with Crippen LogP contribution in [-0.4, -0.2) is 15.5 Å². The molecule has 3 N–H and O–H groups in total. The van der Waals surface area contributed by atoms with Crippen molar-refractivity contribution in [1.82, 2.24) is 15.0 Å². The number of hydrazine groups is 1. The van der Waals surface area contributed by atoms with Gasteiger partial charge in [-0.05, 0) is 18.2 Å². The minimum atomic E-state index is -4.58. The topological polar surface area (TPSA) is 72.9 Å². The molecule has 0 saturated heterocycles. The number of hydrogen-bond acceptors (Lipinski definition) is 3. The molecular weight excluding hydrogens is 297 g/mol. The van der Waals surface area contributed by atoms with Crippen LogP contribution in [0.4, 0.5) is 13.2 Å². The number of carbonyl (C=O) groups excluding carboxylic acids is 1. The molecule has 1 amide bonds. The van der Waals surface area contributed by atoms with Crippen molar-refractivity contribution in [1.29, 1.82) is 0 Å². The standard InChI is InChI=1S/C11H8ClF3N4O/c12-6-1-2-9(7(3-6)11(13,14)15)19-4-8(17-5-19)10(20)18-16/h1-5H,16H2,(H,18,20). The number of amides is 1. The Morgan fingerprint density at radius 3 is 2.70 bits per heavy atom. The molecule has 0 saturated carbocycles. The average Bonchev–Trinajstić information content (AvgIpc) is 2.86. The lowest BCUT2D eigenvalue weighted by Gasteiger charge is -2.13. The quantitative estimate of drug-likeness (QED) is 0.507. The molecule has 0 aliphatic rings. The maximum absolute atomic E-state index is 13.0. The highest BCUT2D eigenvalue weighted by Crippen LogP contribution is 2.35. The Labute approximate surface area is 116 Å². The number of nitrogens with two attached hydrogens (primary N) is 1. The van der Waals surface area contributed by atoms with Crippen LogP contribution in [0.25, 0.3) is 5.69 Å². The molecule has 9 heteroatoms. The molecule has 0 unspecified atom stereocenters. The molecule has 1 aromatic carbocycles. The van der Waals surface area contributed by atoms with Gasteiger partial charge < -0.3 is 4.57 Å². The van der Waals surface area contributed by atoms with Gasteiger partial charge >= 0.3 is 6.18 Å². The lowest BCUT2D eigenvalue weighted by Crippen LogP contribution is -2.30. The number of carbonyl (C=O) groups is 1. The van der Waals surface area contributed by atoms with Gasteiger partial charge in [-0.25, -0.2) is 10.8 Å². The molecule has 106 valence electrons. The minimum absolute atomic E-state index is 0.0406. The second kappa shape index (κ2) is 5.14. The molecule has 0 spiro atoms. The van der Waals surface area contributed by atoms with Crippen LogP contribution < -0.4 is 11.3 Å². The van der Waals surface area contributed by atoms with Crippen molar-refractivity contribution in [3.05, 3.63) is 47.0 Å². The first-order valence-electron chi connectivity index (χ1n) is 5.25. The van der Waals surface area contributed by atoms with Crippen molar-refractivity contribution >= 4 is 17.5 Å². The summed E-state index contributed by atoms with van der Waals surface area (Å²) in [4.78, 5) is 14.9. The molecule has 1 aromatic heterocycles. The number of hydrogen-bond donors (Lipinski definition) is 2. The summed E-state index contributed by atoms with van der Waals surface area (Å²) >= 11 is 5.58. The zero-order chi connectivity index (χ0) is 14.9. The summed E-state index contributed by atoms with van der Waals surface area (Å²) in [5.74, 6) is 4.22. The van der Waals surface area contributed by atoms with Gasteiger partial charge in [0.2, 0.25) is 0 Å². The average molecular weight is 305 g/mol. The van der Waals surface area contributed by atoms with Crippen LogP contribution in [0, 0.1) is 0 Å². The molecule has 0 aliphatic heterocycles. The Balaban J connectivity index is 2.53. The summed E-state index contributed by atoms with van der Waals surface area (Å²) in [7, 11) is 0. The Hall–Kier alpha value is -2.06. The van der Waals surface area contributed by atoms with E-state index in [9.17, 15) is 18.0 Å². The minimum Gasteiger partial charge on any atom is -0.305 e. The van der Waals surface area contributed by atoms with Crippen LogP contribution in [0.5, 0.6) is 0 Å². The highest BCUT2D eigenvalue weighted by molar-refractivity contribution is 6.30. The lowest BCUT2D eigenvalue weighted by molar-refractivity contribution is -0.137. The van der Waals surface area contributed by atoms with Gasteiger partial charge in [0.15, 0.2) is 0 Å². The number of nitrogen functional groups attached to an aromatic ring is 1. The smallest absolute Gasteiger partial charge is 0.305 e. The van der Waals surface area contributed by atoms with Gasteiger partial charge in [0.05, 0.1) is 11.3 Å². The fourth-order valence-corrected chi connectivity index (χ4v) is 1.78. The van der Waals surface area contributed by atoms with Crippen LogP contribution in [0.2, 0.25) is 5.02 Å². The Morgan fingerprint density at radius 1 is 1.40 bits per heavy atom. The molecule has 2 rings (SSSR count). The molecule has 0 fully saturated rings. The van der Waals surface area contributed by atoms with E-state index in [1.807, 2.05) is 5.43 Å². The highest BCUT2D eigenvalue weighted by Gasteiger charge is 2.34. The van der Waals surface area contributed by atoms with Crippen LogP contribution >= 0.6 is 11.6 Å². The van der Waals surface area contributed by atoms with Gasteiger partial charge in [0.25, 0.3) is 5.91 Å². The summed E-state index contributed by atoms with van der Waals surface area (Å²) in [5, 5.41) is -0.0406. The summed E-state index contributed by atoms with van der Waals surface area (Å²) in [6, 6.07) is 3.31. The second-order valence-electron chi connectivity index (χ2n) is 3.80. The zero-order valence-electron chi connectivity index (χ0n) is 9.78. The molecule has 0 radical (unpaired) electrons. The van der Waals surface area contributed by atoms with E-state index in [-0.39, 0.29) is 16.4 Å². The Bertz CT molecular complexity index is 653. The SMILES string of the molecule is NNC(=O)c1cn(-c2ccc(Cl)cc2C(F)(F)F)cn1. The van der Waals surface area contributed by atoms with E-state index in [0.717, 1.165) is 23.2 Å². The highest BCUT2D eigenvalue weighted by atomic mass is 35.5. The predicted octanol–water partition coefficient (Wildman–Crippen LogP) is 2.15. The summed E-state index contributed by atoms with van der Waals surface area (Å²) in [6.45, 7) is 0. The van der Waals surface area contributed by atoms with E-state index in [1.165, 1.54) is 12.1 Å². The first kappa shape index (κ1) is 14.4. The molecule has 0 atom stereocenters. The summed E-state index contributed by atoms with van der Waals surface area (Å²) in [6.07, 6.45) is -2.36. The maximum atomic E-state index is 13.0. The van der Waals surface area contributed by atoms with E-state index in [0.29, 0.717) is 0 Å². The summed E-state index contributed by atoms with van der Waals surface area (Å²) < 4.78 is 39.9. The molecular formula is C11H8ClF3N4O. The van der Waals surface area contributed by atoms with Crippen LogP contribution in [0.1, 0.15) is 16.1 Å². The number of rotatable bonds is 2. The number of halogens is 4. The number of imidazole rings is 1. The molecule has 1 heterocycles. The monoisotopic (exact) mass is 304 g/mol. The van der Waals surface area contributed by atoms with Crippen LogP contribution in [0.15, 0.2) is 30.7 Å². The van der Waals surface area contributed by atoms with E-state index in [4.69, 9.17) is 17.4 Å². The van der Waals surface area contributed by atoms with Crippen molar-refractivity contribution in [2.45, 2.75) is 6.18 Å². The number of aromatic nitrogens is 2. The lowest BCUT2D eigenvalue weighted by atomic mass is 10.1. The fraction of sp³-hybridized carbons (Fsp3) is 0.0909. The van der Waals surface area contributed by atoms with E-state index < -0.39 is 17.6 Å². The van der Waals surface area contributed by atoms with Crippen molar-refractivity contribution in [2.24, 2.45) is 5.84 Å². The van der Waals surface area contributed by atoms with Crippen molar-refractivity contribution in [2.75, 3.05) is 0 Å². The third-order valence-corrected chi connectivity index (χ3v) is 2.72. The second-order valence-corrected chi connectivity index (χ2v) is 4.24. The first-order chi connectivity index (χ1) is 9.32. The molecule has 2 aromatic rings. The van der Waals surface area contributed by atoms with Gasteiger partial charge in [-0.1, -0.05) is 11.6 Å². The first-order valence-corrected chi connectivity index (χ1v) is 5.63. The molecule has 0 aliphatic carbocycles. The largest absolute Gasteiger partial charge is 0.418 e. The Morgan fingerprint density at radius 2 is 2.10 bits per heavy atom. The van der Waals surface area contributed by atoms with Crippen molar-refractivity contribution < 1.29 is 18.0 Å². The maximum Gasteiger partial charge on any atom is 0.418 e. The van der Waals surface area contributed by atoms with Gasteiger partial charge in [-0.2, -0.15) is 13.2 Å². The van der Waals surface area contributed by atoms with E-state index in [2.05, 4.69) is 4.98 Å². The van der Waals surface area contributed by atoms with Crippen LogP contribution in [0.3, 0.4) is 0 Å². The normalized spacial score (nSPS) is 11.4. The van der Waals surface area contributed by atoms with Crippen LogP contribution in [-0.2, 0) is 6.18 Å². The zero-order valence-corrected chi connectivity index (χ0v) is 10.5. The number of alkyl halides is 3. The van der Waals surface area contributed by atoms with Crippen molar-refractivity contribution in [3.8, 4) is 5.69 Å². The van der Waals surface area contributed by atoms with Gasteiger partial charge in [-0.3, -0.25) is 10.2 Å². The molecule has 5 nitrogen and oxygen atoms in total. The predicted molar refractivity (Wildman–Crippen MR) is 65.2 cm³/mol.